The van der Waals surface area contributed by atoms with E-state index in [1.807, 2.05) is 11.3 Å². The summed E-state index contributed by atoms with van der Waals surface area (Å²) in [5, 5.41) is 12.8. The van der Waals surface area contributed by atoms with Gasteiger partial charge in [0.15, 0.2) is 0 Å². The Labute approximate surface area is 317 Å². The lowest BCUT2D eigenvalue weighted by atomic mass is 9.94. The summed E-state index contributed by atoms with van der Waals surface area (Å²) < 4.78 is 2.66. The molecule has 54 heavy (non-hydrogen) atoms. The first kappa shape index (κ1) is 30.8. The van der Waals surface area contributed by atoms with Crippen molar-refractivity contribution >= 4 is 91.7 Å². The van der Waals surface area contributed by atoms with Crippen LogP contribution >= 0.6 is 11.3 Å². The van der Waals surface area contributed by atoms with E-state index in [0.29, 0.717) is 0 Å². The molecule has 0 unspecified atom stereocenters. The summed E-state index contributed by atoms with van der Waals surface area (Å²) in [5.74, 6) is 0. The molecule has 10 aromatic carbocycles. The summed E-state index contributed by atoms with van der Waals surface area (Å²) in [6.45, 7) is 0. The van der Waals surface area contributed by atoms with Gasteiger partial charge in [0, 0.05) is 37.2 Å². The minimum Gasteiger partial charge on any atom is -0.310 e. The van der Waals surface area contributed by atoms with Crippen molar-refractivity contribution in [1.29, 1.82) is 0 Å². The maximum absolute atomic E-state index is 2.38. The molecule has 1 heterocycles. The van der Waals surface area contributed by atoms with E-state index in [1.165, 1.54) is 85.5 Å². The molecule has 0 bridgehead atoms. The average Bonchev–Trinajstić information content (AvgIpc) is 3.62. The fourth-order valence-corrected chi connectivity index (χ4v) is 9.46. The topological polar surface area (TPSA) is 3.24 Å². The van der Waals surface area contributed by atoms with Crippen LogP contribution in [0, 0.1) is 0 Å². The van der Waals surface area contributed by atoms with E-state index < -0.39 is 0 Å². The number of hydrogen-bond donors (Lipinski definition) is 0. The van der Waals surface area contributed by atoms with Crippen LogP contribution < -0.4 is 4.90 Å². The number of rotatable bonds is 5. The molecule has 0 saturated carbocycles. The van der Waals surface area contributed by atoms with E-state index in [4.69, 9.17) is 0 Å². The fraction of sp³-hybridized carbons (Fsp3) is 0. The van der Waals surface area contributed by atoms with Crippen molar-refractivity contribution < 1.29 is 0 Å². The van der Waals surface area contributed by atoms with Crippen LogP contribution in [0.25, 0.3) is 85.5 Å². The standard InChI is InChI=1S/C52H33NS/c1-3-10-43-35(8-1)16-17-39-32-42(28-30-46(39)43)53(40-24-18-34(19-25-40)38-23-31-52-50(33-38)49-12-5-6-15-51(49)54-52)41-26-20-37(21-27-41)45-13-7-14-47-44-11-4-2-9-36(44)22-29-48(45)47/h1-33H. The van der Waals surface area contributed by atoms with Gasteiger partial charge in [-0.2, -0.15) is 0 Å². The van der Waals surface area contributed by atoms with E-state index in [1.54, 1.807) is 0 Å². The molecule has 2 heteroatoms. The van der Waals surface area contributed by atoms with E-state index in [9.17, 15) is 0 Å². The molecule has 1 nitrogen and oxygen atoms in total. The SMILES string of the molecule is c1ccc2c(c1)ccc1cc(N(c3ccc(-c4ccc5sc6ccccc6c5c4)cc3)c3ccc(-c4cccc5c4ccc4ccccc45)cc3)ccc12. The van der Waals surface area contributed by atoms with Crippen LogP contribution in [0.15, 0.2) is 200 Å². The third-order valence-electron chi connectivity index (χ3n) is 11.0. The van der Waals surface area contributed by atoms with Gasteiger partial charge in [-0.3, -0.25) is 0 Å². The predicted octanol–water partition coefficient (Wildman–Crippen LogP) is 15.5. The molecule has 11 rings (SSSR count). The van der Waals surface area contributed by atoms with Gasteiger partial charge in [0.05, 0.1) is 0 Å². The van der Waals surface area contributed by atoms with Crippen LogP contribution in [0.1, 0.15) is 0 Å². The third-order valence-corrected chi connectivity index (χ3v) is 12.2. The van der Waals surface area contributed by atoms with Crippen molar-refractivity contribution in [1.82, 2.24) is 0 Å². The highest BCUT2D eigenvalue weighted by molar-refractivity contribution is 7.25. The van der Waals surface area contributed by atoms with E-state index in [0.717, 1.165) is 17.1 Å². The zero-order valence-corrected chi connectivity index (χ0v) is 30.2. The molecular weight excluding hydrogens is 671 g/mol. The van der Waals surface area contributed by atoms with Crippen LogP contribution in [0.3, 0.4) is 0 Å². The monoisotopic (exact) mass is 703 g/mol. The summed E-state index contributed by atoms with van der Waals surface area (Å²) >= 11 is 1.86. The number of anilines is 3. The maximum atomic E-state index is 2.38. The summed E-state index contributed by atoms with van der Waals surface area (Å²) in [6, 6.07) is 73.6. The van der Waals surface area contributed by atoms with Crippen molar-refractivity contribution in [3.63, 3.8) is 0 Å². The molecule has 0 amide bonds. The zero-order chi connectivity index (χ0) is 35.6. The maximum Gasteiger partial charge on any atom is 0.0468 e. The van der Waals surface area contributed by atoms with Crippen LogP contribution in [0.2, 0.25) is 0 Å². The molecule has 0 aliphatic heterocycles. The van der Waals surface area contributed by atoms with Crippen LogP contribution in [-0.4, -0.2) is 0 Å². The van der Waals surface area contributed by atoms with E-state index in [2.05, 4.69) is 205 Å². The number of benzene rings is 10. The third kappa shape index (κ3) is 5.07. The lowest BCUT2D eigenvalue weighted by Crippen LogP contribution is -2.09. The summed E-state index contributed by atoms with van der Waals surface area (Å²) in [4.78, 5) is 2.38. The summed E-state index contributed by atoms with van der Waals surface area (Å²) in [6.07, 6.45) is 0. The summed E-state index contributed by atoms with van der Waals surface area (Å²) in [7, 11) is 0. The quantitative estimate of drug-likeness (QED) is 0.161. The Balaban J connectivity index is 1.02. The molecule has 0 radical (unpaired) electrons. The first-order valence-corrected chi connectivity index (χ1v) is 19.3. The average molecular weight is 704 g/mol. The molecule has 0 N–H and O–H groups in total. The van der Waals surface area contributed by atoms with Gasteiger partial charge in [-0.05, 0) is 120 Å². The smallest absolute Gasteiger partial charge is 0.0468 e. The Morgan fingerprint density at radius 1 is 0.278 bits per heavy atom. The van der Waals surface area contributed by atoms with Gasteiger partial charge in [-0.1, -0.05) is 146 Å². The minimum atomic E-state index is 1.11. The van der Waals surface area contributed by atoms with Gasteiger partial charge in [0.25, 0.3) is 0 Å². The second-order valence-corrected chi connectivity index (χ2v) is 15.2. The van der Waals surface area contributed by atoms with Crippen LogP contribution in [0.5, 0.6) is 0 Å². The normalized spacial score (nSPS) is 11.7. The van der Waals surface area contributed by atoms with Gasteiger partial charge in [-0.25, -0.2) is 0 Å². The first-order valence-electron chi connectivity index (χ1n) is 18.5. The molecule has 0 spiro atoms. The lowest BCUT2D eigenvalue weighted by Gasteiger charge is -2.26. The van der Waals surface area contributed by atoms with Crippen molar-refractivity contribution in [2.45, 2.75) is 0 Å². The van der Waals surface area contributed by atoms with Crippen LogP contribution in [-0.2, 0) is 0 Å². The van der Waals surface area contributed by atoms with Gasteiger partial charge in [0.2, 0.25) is 0 Å². The highest BCUT2D eigenvalue weighted by atomic mass is 32.1. The lowest BCUT2D eigenvalue weighted by molar-refractivity contribution is 1.29. The van der Waals surface area contributed by atoms with Gasteiger partial charge < -0.3 is 4.90 Å². The Morgan fingerprint density at radius 2 is 0.815 bits per heavy atom. The highest BCUT2D eigenvalue weighted by Gasteiger charge is 2.16. The van der Waals surface area contributed by atoms with Gasteiger partial charge in [-0.15, -0.1) is 11.3 Å². The largest absolute Gasteiger partial charge is 0.310 e. The number of fused-ring (bicyclic) bond motifs is 9. The number of nitrogens with zero attached hydrogens (tertiary/aromatic N) is 1. The van der Waals surface area contributed by atoms with Crippen LogP contribution in [0.4, 0.5) is 17.1 Å². The second-order valence-electron chi connectivity index (χ2n) is 14.1. The predicted molar refractivity (Wildman–Crippen MR) is 235 cm³/mol. The number of thiophene rings is 1. The second kappa shape index (κ2) is 12.4. The fourth-order valence-electron chi connectivity index (χ4n) is 8.38. The molecule has 0 fully saturated rings. The molecule has 0 aliphatic carbocycles. The molecule has 0 aliphatic rings. The minimum absolute atomic E-state index is 1.11. The molecule has 252 valence electrons. The molecule has 0 atom stereocenters. The van der Waals surface area contributed by atoms with Gasteiger partial charge >= 0.3 is 0 Å². The molecule has 11 aromatic rings. The molecule has 1 aromatic heterocycles. The first-order chi connectivity index (χ1) is 26.7. The molecule has 0 saturated heterocycles. The van der Waals surface area contributed by atoms with Crippen molar-refractivity contribution in [3.05, 3.63) is 200 Å². The van der Waals surface area contributed by atoms with Crippen molar-refractivity contribution in [2.24, 2.45) is 0 Å². The van der Waals surface area contributed by atoms with Crippen molar-refractivity contribution in [2.75, 3.05) is 4.90 Å². The Hall–Kier alpha value is -6.74. The Morgan fingerprint density at radius 3 is 1.59 bits per heavy atom. The van der Waals surface area contributed by atoms with Gasteiger partial charge in [0.1, 0.15) is 0 Å². The van der Waals surface area contributed by atoms with E-state index >= 15 is 0 Å². The molecular formula is C52H33NS. The Bertz CT molecular complexity index is 3210. The Kier molecular flexibility index (Phi) is 7.11. The number of hydrogen-bond acceptors (Lipinski definition) is 2. The summed E-state index contributed by atoms with van der Waals surface area (Å²) in [5.41, 5.74) is 8.24. The van der Waals surface area contributed by atoms with Crippen molar-refractivity contribution in [3.8, 4) is 22.3 Å². The zero-order valence-electron chi connectivity index (χ0n) is 29.4. The van der Waals surface area contributed by atoms with E-state index in [-0.39, 0.29) is 0 Å². The highest BCUT2D eigenvalue weighted by Crippen LogP contribution is 2.41.